The van der Waals surface area contributed by atoms with Crippen LogP contribution in [0, 0.1) is 15.9 Å². The average Bonchev–Trinajstić information content (AvgIpc) is 3.25. The highest BCUT2D eigenvalue weighted by Crippen LogP contribution is 2.18. The van der Waals surface area contributed by atoms with Gasteiger partial charge in [0.15, 0.2) is 0 Å². The number of benzene rings is 1. The van der Waals surface area contributed by atoms with Crippen molar-refractivity contribution in [3.8, 4) is 0 Å². The molecule has 0 unspecified atom stereocenters. The van der Waals surface area contributed by atoms with Crippen LogP contribution in [0.5, 0.6) is 0 Å². The molecule has 0 saturated carbocycles. The number of nitro groups is 1. The molecule has 1 aromatic carbocycles. The molecule has 0 fully saturated rings. The number of anilines is 1. The lowest BCUT2D eigenvalue weighted by Gasteiger charge is -2.04. The molecule has 0 bridgehead atoms. The fraction of sp³-hybridized carbons (Fsp3) is 0.200. The SMILES string of the molecule is O=C(CCn1cc([N+](=O)[O-])cn1)Nc1ncn(Cc2ccc(F)cc2Cl)n1. The first-order valence-corrected chi connectivity index (χ1v) is 8.08. The zero-order valence-corrected chi connectivity index (χ0v) is 14.5. The smallest absolute Gasteiger partial charge is 0.293 e. The first-order chi connectivity index (χ1) is 12.9. The summed E-state index contributed by atoms with van der Waals surface area (Å²) < 4.78 is 15.8. The minimum Gasteiger partial charge on any atom is -0.293 e. The standard InChI is InChI=1S/C15H13ClFN7O3/c16-13-5-11(17)2-1-10(13)7-23-9-18-15(21-23)20-14(25)3-4-22-8-12(6-19-22)24(26)27/h1-2,5-6,8-9H,3-4,7H2,(H,20,21,25). The highest BCUT2D eigenvalue weighted by molar-refractivity contribution is 6.31. The molecular weight excluding hydrogens is 381 g/mol. The molecule has 1 amide bonds. The Bertz CT molecular complexity index is 987. The van der Waals surface area contributed by atoms with Gasteiger partial charge in [0.05, 0.1) is 11.5 Å². The van der Waals surface area contributed by atoms with Gasteiger partial charge in [-0.3, -0.25) is 24.9 Å². The van der Waals surface area contributed by atoms with Crippen LogP contribution in [-0.4, -0.2) is 35.4 Å². The topological polar surface area (TPSA) is 121 Å². The van der Waals surface area contributed by atoms with Crippen molar-refractivity contribution in [3.63, 3.8) is 0 Å². The lowest BCUT2D eigenvalue weighted by atomic mass is 10.2. The molecule has 0 aliphatic heterocycles. The molecule has 140 valence electrons. The number of rotatable bonds is 7. The van der Waals surface area contributed by atoms with Crippen molar-refractivity contribution in [3.05, 3.63) is 63.4 Å². The van der Waals surface area contributed by atoms with Crippen LogP contribution in [0.1, 0.15) is 12.0 Å². The van der Waals surface area contributed by atoms with Crippen LogP contribution in [0.25, 0.3) is 0 Å². The molecule has 2 heterocycles. The number of amides is 1. The Morgan fingerprint density at radius 3 is 2.89 bits per heavy atom. The maximum absolute atomic E-state index is 13.1. The van der Waals surface area contributed by atoms with E-state index in [1.807, 2.05) is 0 Å². The molecule has 0 radical (unpaired) electrons. The first-order valence-electron chi connectivity index (χ1n) is 7.71. The number of halogens is 2. The molecule has 0 spiro atoms. The quantitative estimate of drug-likeness (QED) is 0.485. The zero-order valence-electron chi connectivity index (χ0n) is 13.7. The molecule has 0 saturated heterocycles. The fourth-order valence-corrected chi connectivity index (χ4v) is 2.45. The Morgan fingerprint density at radius 1 is 1.37 bits per heavy atom. The maximum Gasteiger partial charge on any atom is 0.306 e. The van der Waals surface area contributed by atoms with E-state index in [2.05, 4.69) is 20.5 Å². The molecule has 0 atom stereocenters. The van der Waals surface area contributed by atoms with Gasteiger partial charge < -0.3 is 0 Å². The van der Waals surface area contributed by atoms with Gasteiger partial charge in [-0.15, -0.1) is 5.10 Å². The number of carbonyl (C=O) groups is 1. The molecule has 27 heavy (non-hydrogen) atoms. The van der Waals surface area contributed by atoms with Crippen molar-refractivity contribution in [2.24, 2.45) is 0 Å². The average molecular weight is 394 g/mol. The largest absolute Gasteiger partial charge is 0.306 e. The summed E-state index contributed by atoms with van der Waals surface area (Å²) in [5.74, 6) is -0.701. The third kappa shape index (κ3) is 4.85. The van der Waals surface area contributed by atoms with E-state index in [1.165, 1.54) is 34.0 Å². The molecule has 10 nitrogen and oxygen atoms in total. The van der Waals surface area contributed by atoms with Crippen molar-refractivity contribution in [2.75, 3.05) is 5.32 Å². The highest BCUT2D eigenvalue weighted by atomic mass is 35.5. The minimum atomic E-state index is -0.562. The van der Waals surface area contributed by atoms with Crippen molar-refractivity contribution < 1.29 is 14.1 Å². The summed E-state index contributed by atoms with van der Waals surface area (Å²) in [5.41, 5.74) is 0.511. The highest BCUT2D eigenvalue weighted by Gasteiger charge is 2.11. The first kappa shape index (κ1) is 18.5. The van der Waals surface area contributed by atoms with Gasteiger partial charge in [-0.25, -0.2) is 14.1 Å². The van der Waals surface area contributed by atoms with Gasteiger partial charge in [0, 0.05) is 18.0 Å². The van der Waals surface area contributed by atoms with E-state index in [4.69, 9.17) is 11.6 Å². The van der Waals surface area contributed by atoms with Crippen LogP contribution >= 0.6 is 11.6 Å². The summed E-state index contributed by atoms with van der Waals surface area (Å²) in [6.45, 7) is 0.435. The maximum atomic E-state index is 13.1. The minimum absolute atomic E-state index is 0.0389. The van der Waals surface area contributed by atoms with E-state index in [1.54, 1.807) is 6.07 Å². The van der Waals surface area contributed by atoms with E-state index in [-0.39, 0.29) is 42.1 Å². The van der Waals surface area contributed by atoms with E-state index >= 15 is 0 Å². The normalized spacial score (nSPS) is 10.7. The van der Waals surface area contributed by atoms with Gasteiger partial charge in [-0.05, 0) is 17.7 Å². The van der Waals surface area contributed by atoms with E-state index in [0.717, 1.165) is 6.20 Å². The summed E-state index contributed by atoms with van der Waals surface area (Å²) in [4.78, 5) is 26.0. The second-order valence-electron chi connectivity index (χ2n) is 5.52. The van der Waals surface area contributed by atoms with E-state index in [9.17, 15) is 19.3 Å². The molecular formula is C15H13ClFN7O3. The number of carbonyl (C=O) groups excluding carboxylic acids is 1. The summed E-state index contributed by atoms with van der Waals surface area (Å²) >= 11 is 5.97. The molecule has 2 aromatic heterocycles. The van der Waals surface area contributed by atoms with Crippen molar-refractivity contribution in [2.45, 2.75) is 19.5 Å². The third-order valence-corrected chi connectivity index (χ3v) is 3.89. The number of hydrogen-bond donors (Lipinski definition) is 1. The molecule has 12 heteroatoms. The Morgan fingerprint density at radius 2 is 2.19 bits per heavy atom. The summed E-state index contributed by atoms with van der Waals surface area (Å²) in [6.07, 6.45) is 3.80. The predicted octanol–water partition coefficient (Wildman–Crippen LogP) is 2.25. The van der Waals surface area contributed by atoms with Crippen LogP contribution in [0.4, 0.5) is 16.0 Å². The van der Waals surface area contributed by atoms with Gasteiger partial charge in [-0.1, -0.05) is 17.7 Å². The second-order valence-corrected chi connectivity index (χ2v) is 5.93. The van der Waals surface area contributed by atoms with Crippen molar-refractivity contribution in [1.82, 2.24) is 24.5 Å². The number of aromatic nitrogens is 5. The zero-order chi connectivity index (χ0) is 19.4. The van der Waals surface area contributed by atoms with Gasteiger partial charge in [0.2, 0.25) is 11.9 Å². The van der Waals surface area contributed by atoms with Crippen LogP contribution in [-0.2, 0) is 17.9 Å². The number of aryl methyl sites for hydroxylation is 1. The van der Waals surface area contributed by atoms with Crippen LogP contribution in [0.2, 0.25) is 5.02 Å². The molecule has 3 rings (SSSR count). The molecule has 0 aliphatic carbocycles. The van der Waals surface area contributed by atoms with Crippen molar-refractivity contribution in [1.29, 1.82) is 0 Å². The number of hydrogen-bond acceptors (Lipinski definition) is 6. The third-order valence-electron chi connectivity index (χ3n) is 3.53. The summed E-state index contributed by atoms with van der Waals surface area (Å²) in [6, 6.07) is 4.04. The Hall–Kier alpha value is -3.34. The lowest BCUT2D eigenvalue weighted by molar-refractivity contribution is -0.385. The van der Waals surface area contributed by atoms with Crippen molar-refractivity contribution >= 4 is 29.1 Å². The summed E-state index contributed by atoms with van der Waals surface area (Å²) in [7, 11) is 0. The molecule has 0 aliphatic rings. The van der Waals surface area contributed by atoms with Crippen LogP contribution in [0.3, 0.4) is 0 Å². The monoisotopic (exact) mass is 393 g/mol. The fourth-order valence-electron chi connectivity index (χ4n) is 2.23. The lowest BCUT2D eigenvalue weighted by Crippen LogP contribution is -2.16. The number of nitrogens with zero attached hydrogens (tertiary/aromatic N) is 6. The summed E-state index contributed by atoms with van der Waals surface area (Å²) in [5, 5.41) is 21.3. The molecule has 3 aromatic rings. The predicted molar refractivity (Wildman–Crippen MR) is 92.7 cm³/mol. The van der Waals surface area contributed by atoms with E-state index in [0.29, 0.717) is 5.56 Å². The Balaban J connectivity index is 1.53. The Labute approximate surface area is 156 Å². The Kier molecular flexibility index (Phi) is 5.41. The van der Waals surface area contributed by atoms with Gasteiger partial charge in [0.1, 0.15) is 24.5 Å². The van der Waals surface area contributed by atoms with Gasteiger partial charge in [0.25, 0.3) is 0 Å². The second kappa shape index (κ2) is 7.91. The molecule has 1 N–H and O–H groups in total. The van der Waals surface area contributed by atoms with Gasteiger partial charge >= 0.3 is 5.69 Å². The van der Waals surface area contributed by atoms with Crippen LogP contribution < -0.4 is 5.32 Å². The number of nitrogens with one attached hydrogen (secondary N) is 1. The van der Waals surface area contributed by atoms with Crippen LogP contribution in [0.15, 0.2) is 36.9 Å². The van der Waals surface area contributed by atoms with E-state index < -0.39 is 10.7 Å². The van der Waals surface area contributed by atoms with Gasteiger partial charge in [-0.2, -0.15) is 5.10 Å².